The Labute approximate surface area is 126 Å². The molecule has 1 aliphatic heterocycles. The summed E-state index contributed by atoms with van der Waals surface area (Å²) < 4.78 is 1.76. The van der Waals surface area contributed by atoms with E-state index >= 15 is 0 Å². The molecule has 3 aromatic rings. The summed E-state index contributed by atoms with van der Waals surface area (Å²) in [4.78, 5) is 17.5. The minimum Gasteiger partial charge on any atom is -0.361 e. The van der Waals surface area contributed by atoms with Crippen LogP contribution < -0.4 is 0 Å². The van der Waals surface area contributed by atoms with Crippen LogP contribution in [0.3, 0.4) is 0 Å². The molecule has 1 aliphatic rings. The van der Waals surface area contributed by atoms with Crippen molar-refractivity contribution >= 4 is 16.8 Å². The minimum absolute atomic E-state index is 0.0362. The minimum atomic E-state index is 0.0362. The topological polar surface area (TPSA) is 77.7 Å². The molecule has 0 atom stereocenters. The molecular formula is C16H13N5O. The third-order valence-electron chi connectivity index (χ3n) is 4.08. The molecule has 0 aliphatic carbocycles. The van der Waals surface area contributed by atoms with Crippen molar-refractivity contribution in [3.8, 4) is 6.07 Å². The van der Waals surface area contributed by atoms with E-state index in [1.165, 1.54) is 0 Å². The largest absolute Gasteiger partial charge is 0.361 e. The number of nitriles is 1. The molecule has 1 amide bonds. The second-order valence-corrected chi connectivity index (χ2v) is 5.43. The molecule has 22 heavy (non-hydrogen) atoms. The normalized spacial score (nSPS) is 14.8. The lowest BCUT2D eigenvalue weighted by atomic mass is 10.0. The lowest BCUT2D eigenvalue weighted by Gasteiger charge is -2.39. The van der Waals surface area contributed by atoms with Crippen LogP contribution in [0.15, 0.2) is 42.9 Å². The average Bonchev–Trinajstić information content (AvgIpc) is 3.13. The van der Waals surface area contributed by atoms with E-state index in [0.29, 0.717) is 18.7 Å². The first-order chi connectivity index (χ1) is 10.8. The molecule has 4 rings (SSSR count). The Morgan fingerprint density at radius 1 is 1.36 bits per heavy atom. The molecule has 1 fully saturated rings. The van der Waals surface area contributed by atoms with Gasteiger partial charge in [0.25, 0.3) is 5.91 Å². The van der Waals surface area contributed by atoms with E-state index in [9.17, 15) is 4.79 Å². The highest BCUT2D eigenvalue weighted by Crippen LogP contribution is 2.26. The van der Waals surface area contributed by atoms with Gasteiger partial charge < -0.3 is 9.88 Å². The first-order valence-electron chi connectivity index (χ1n) is 7.06. The summed E-state index contributed by atoms with van der Waals surface area (Å²) in [5.74, 6) is 0.0362. The van der Waals surface area contributed by atoms with E-state index in [-0.39, 0.29) is 11.9 Å². The van der Waals surface area contributed by atoms with Crippen molar-refractivity contribution in [1.82, 2.24) is 19.7 Å². The van der Waals surface area contributed by atoms with Crippen molar-refractivity contribution in [1.29, 1.82) is 5.26 Å². The Hall–Kier alpha value is -3.07. The summed E-state index contributed by atoms with van der Waals surface area (Å²) >= 11 is 0. The maximum absolute atomic E-state index is 12.6. The molecule has 0 unspecified atom stereocenters. The van der Waals surface area contributed by atoms with E-state index in [2.05, 4.69) is 16.2 Å². The van der Waals surface area contributed by atoms with Gasteiger partial charge in [0.2, 0.25) is 0 Å². The standard InChI is InChI=1S/C16H13N5O/c17-6-11-7-19-21(8-11)12-9-20(10-12)16(22)14-2-1-3-15-13(14)4-5-18-15/h1-5,7-8,12,18H,9-10H2. The summed E-state index contributed by atoms with van der Waals surface area (Å²) in [6.07, 6.45) is 5.11. The predicted molar refractivity (Wildman–Crippen MR) is 80.2 cm³/mol. The summed E-state index contributed by atoms with van der Waals surface area (Å²) in [5, 5.41) is 13.9. The molecule has 0 bridgehead atoms. The Balaban J connectivity index is 1.52. The zero-order valence-electron chi connectivity index (χ0n) is 11.7. The number of hydrogen-bond donors (Lipinski definition) is 1. The van der Waals surface area contributed by atoms with Gasteiger partial charge in [0.15, 0.2) is 0 Å². The van der Waals surface area contributed by atoms with Crippen molar-refractivity contribution < 1.29 is 4.79 Å². The number of nitrogens with zero attached hydrogens (tertiary/aromatic N) is 4. The van der Waals surface area contributed by atoms with E-state index in [4.69, 9.17) is 5.26 Å². The number of fused-ring (bicyclic) bond motifs is 1. The van der Waals surface area contributed by atoms with Crippen LogP contribution in [-0.4, -0.2) is 38.7 Å². The quantitative estimate of drug-likeness (QED) is 0.783. The van der Waals surface area contributed by atoms with Crippen molar-refractivity contribution in [2.75, 3.05) is 13.1 Å². The van der Waals surface area contributed by atoms with Gasteiger partial charge in [0.05, 0.1) is 17.8 Å². The lowest BCUT2D eigenvalue weighted by Crippen LogP contribution is -2.50. The monoisotopic (exact) mass is 291 g/mol. The number of aromatic nitrogens is 3. The third-order valence-corrected chi connectivity index (χ3v) is 4.08. The van der Waals surface area contributed by atoms with Crippen LogP contribution in [0.25, 0.3) is 10.9 Å². The van der Waals surface area contributed by atoms with Crippen LogP contribution in [0.5, 0.6) is 0 Å². The number of hydrogen-bond acceptors (Lipinski definition) is 3. The van der Waals surface area contributed by atoms with Crippen molar-refractivity contribution in [3.05, 3.63) is 54.0 Å². The van der Waals surface area contributed by atoms with Gasteiger partial charge in [-0.2, -0.15) is 10.4 Å². The van der Waals surface area contributed by atoms with Crippen molar-refractivity contribution in [2.45, 2.75) is 6.04 Å². The van der Waals surface area contributed by atoms with E-state index in [0.717, 1.165) is 16.5 Å². The molecule has 1 aromatic carbocycles. The number of nitrogens with one attached hydrogen (secondary N) is 1. The highest BCUT2D eigenvalue weighted by Gasteiger charge is 2.33. The van der Waals surface area contributed by atoms with E-state index < -0.39 is 0 Å². The van der Waals surface area contributed by atoms with Gasteiger partial charge >= 0.3 is 0 Å². The van der Waals surface area contributed by atoms with Crippen molar-refractivity contribution in [3.63, 3.8) is 0 Å². The Bertz CT molecular complexity index is 895. The van der Waals surface area contributed by atoms with Gasteiger partial charge in [-0.1, -0.05) is 6.07 Å². The second-order valence-electron chi connectivity index (χ2n) is 5.43. The summed E-state index contributed by atoms with van der Waals surface area (Å²) in [6, 6.07) is 9.83. The van der Waals surface area contributed by atoms with Crippen LogP contribution in [0.2, 0.25) is 0 Å². The number of rotatable bonds is 2. The maximum Gasteiger partial charge on any atom is 0.254 e. The molecular weight excluding hydrogens is 278 g/mol. The summed E-state index contributed by atoms with van der Waals surface area (Å²) in [5.41, 5.74) is 2.23. The smallest absolute Gasteiger partial charge is 0.254 e. The molecule has 1 N–H and O–H groups in total. The van der Waals surface area contributed by atoms with Crippen molar-refractivity contribution in [2.24, 2.45) is 0 Å². The highest BCUT2D eigenvalue weighted by atomic mass is 16.2. The van der Waals surface area contributed by atoms with Crippen LogP contribution in [0.4, 0.5) is 0 Å². The second kappa shape index (κ2) is 4.74. The number of benzene rings is 1. The molecule has 0 spiro atoms. The Kier molecular flexibility index (Phi) is 2.73. The summed E-state index contributed by atoms with van der Waals surface area (Å²) in [7, 11) is 0. The predicted octanol–water partition coefficient (Wildman–Crippen LogP) is 1.93. The molecule has 2 aromatic heterocycles. The van der Waals surface area contributed by atoms with Gasteiger partial charge in [0.1, 0.15) is 6.07 Å². The van der Waals surface area contributed by atoms with Crippen LogP contribution in [0.1, 0.15) is 22.0 Å². The lowest BCUT2D eigenvalue weighted by molar-refractivity contribution is 0.0503. The zero-order valence-corrected chi connectivity index (χ0v) is 11.7. The number of carbonyl (C=O) groups excluding carboxylic acids is 1. The molecule has 0 saturated carbocycles. The van der Waals surface area contributed by atoms with Gasteiger partial charge in [-0.3, -0.25) is 9.48 Å². The van der Waals surface area contributed by atoms with Gasteiger partial charge in [0, 0.05) is 41.9 Å². The van der Waals surface area contributed by atoms with Crippen LogP contribution in [-0.2, 0) is 0 Å². The molecule has 0 radical (unpaired) electrons. The van der Waals surface area contributed by atoms with Crippen LogP contribution >= 0.6 is 0 Å². The zero-order chi connectivity index (χ0) is 15.1. The molecule has 3 heterocycles. The first kappa shape index (κ1) is 12.7. The van der Waals surface area contributed by atoms with Gasteiger partial charge in [-0.15, -0.1) is 0 Å². The van der Waals surface area contributed by atoms with E-state index in [1.807, 2.05) is 30.5 Å². The van der Waals surface area contributed by atoms with Gasteiger partial charge in [-0.05, 0) is 18.2 Å². The average molecular weight is 291 g/mol. The maximum atomic E-state index is 12.6. The van der Waals surface area contributed by atoms with Crippen LogP contribution in [0, 0.1) is 11.3 Å². The fraction of sp³-hybridized carbons (Fsp3) is 0.188. The fourth-order valence-corrected chi connectivity index (χ4v) is 2.83. The molecule has 6 heteroatoms. The van der Waals surface area contributed by atoms with E-state index in [1.54, 1.807) is 22.0 Å². The molecule has 1 saturated heterocycles. The number of likely N-dealkylation sites (tertiary alicyclic amines) is 1. The third kappa shape index (κ3) is 1.87. The SMILES string of the molecule is N#Cc1cnn(C2CN(C(=O)c3cccc4[nH]ccc34)C2)c1. The Morgan fingerprint density at radius 2 is 2.23 bits per heavy atom. The number of carbonyl (C=O) groups is 1. The molecule has 108 valence electrons. The fourth-order valence-electron chi connectivity index (χ4n) is 2.83. The number of H-pyrrole nitrogens is 1. The summed E-state index contributed by atoms with van der Waals surface area (Å²) in [6.45, 7) is 1.23. The first-order valence-corrected chi connectivity index (χ1v) is 7.06. The number of amides is 1. The highest BCUT2D eigenvalue weighted by molar-refractivity contribution is 6.06. The number of aromatic amines is 1. The Morgan fingerprint density at radius 3 is 3.00 bits per heavy atom. The van der Waals surface area contributed by atoms with Gasteiger partial charge in [-0.25, -0.2) is 0 Å². The molecule has 6 nitrogen and oxygen atoms in total.